The number of hydrogen-bond acceptors (Lipinski definition) is 3. The lowest BCUT2D eigenvalue weighted by Crippen LogP contribution is -2.26. The van der Waals surface area contributed by atoms with Crippen LogP contribution in [0.2, 0.25) is 0 Å². The summed E-state index contributed by atoms with van der Waals surface area (Å²) in [4.78, 5) is 11.4. The first-order valence-corrected chi connectivity index (χ1v) is 5.60. The van der Waals surface area contributed by atoms with Crippen molar-refractivity contribution in [3.05, 3.63) is 0 Å². The number of aliphatic carboxylic acids is 1. The molecule has 0 aromatic carbocycles. The van der Waals surface area contributed by atoms with Crippen LogP contribution in [0.1, 0.15) is 32.1 Å². The highest BCUT2D eigenvalue weighted by atomic mass is 16.4. The van der Waals surface area contributed by atoms with Crippen LogP contribution in [0.4, 0.5) is 0 Å². The molecule has 1 aliphatic carbocycles. The van der Waals surface area contributed by atoms with E-state index in [0.29, 0.717) is 0 Å². The average molecular weight is 216 g/mol. The first kappa shape index (κ1) is 14.4. The van der Waals surface area contributed by atoms with Gasteiger partial charge in [-0.2, -0.15) is 0 Å². The lowest BCUT2D eigenvalue weighted by molar-refractivity contribution is -0.137. The summed E-state index contributed by atoms with van der Waals surface area (Å²) < 4.78 is 0. The standard InChI is InChI=1S/C7H15N.C4H9NO2/c1-8-7-5-3-2-4-6-7;1-5(2)3-4(6)7/h7-8H,2-6H2,1H3;3H2,1-2H3,(H,6,7). The molecule has 0 aromatic heterocycles. The number of rotatable bonds is 3. The predicted molar refractivity (Wildman–Crippen MR) is 62.1 cm³/mol. The van der Waals surface area contributed by atoms with Gasteiger partial charge in [-0.15, -0.1) is 0 Å². The molecular weight excluding hydrogens is 192 g/mol. The van der Waals surface area contributed by atoms with Gasteiger partial charge in [-0.05, 0) is 34.0 Å². The molecule has 0 aromatic rings. The zero-order valence-electron chi connectivity index (χ0n) is 10.1. The van der Waals surface area contributed by atoms with E-state index >= 15 is 0 Å². The molecule has 1 rings (SSSR count). The average Bonchev–Trinajstić information content (AvgIpc) is 2.18. The minimum Gasteiger partial charge on any atom is -0.480 e. The Bertz CT molecular complexity index is 166. The molecule has 2 N–H and O–H groups in total. The predicted octanol–water partition coefficient (Wildman–Crippen LogP) is 1.17. The highest BCUT2D eigenvalue weighted by molar-refractivity contribution is 5.68. The number of hydrogen-bond donors (Lipinski definition) is 2. The van der Waals surface area contributed by atoms with Gasteiger partial charge in [0, 0.05) is 6.04 Å². The number of carboxylic acids is 1. The zero-order chi connectivity index (χ0) is 11.7. The summed E-state index contributed by atoms with van der Waals surface area (Å²) in [6.45, 7) is 0.111. The number of nitrogens with zero attached hydrogens (tertiary/aromatic N) is 1. The minimum atomic E-state index is -0.787. The fourth-order valence-electron chi connectivity index (χ4n) is 1.66. The van der Waals surface area contributed by atoms with Crippen molar-refractivity contribution in [1.82, 2.24) is 10.2 Å². The molecule has 1 aliphatic rings. The Morgan fingerprint density at radius 2 is 1.87 bits per heavy atom. The van der Waals surface area contributed by atoms with Crippen LogP contribution in [0.25, 0.3) is 0 Å². The summed E-state index contributed by atoms with van der Waals surface area (Å²) in [6.07, 6.45) is 7.13. The van der Waals surface area contributed by atoms with Crippen LogP contribution in [0.3, 0.4) is 0 Å². The zero-order valence-corrected chi connectivity index (χ0v) is 10.1. The van der Waals surface area contributed by atoms with Gasteiger partial charge in [0.15, 0.2) is 0 Å². The first-order valence-electron chi connectivity index (χ1n) is 5.60. The summed E-state index contributed by atoms with van der Waals surface area (Å²) in [6, 6.07) is 0.837. The van der Waals surface area contributed by atoms with Crippen LogP contribution in [-0.2, 0) is 4.79 Å². The van der Waals surface area contributed by atoms with Gasteiger partial charge in [-0.1, -0.05) is 19.3 Å². The SMILES string of the molecule is CN(C)CC(=O)O.CNC1CCCCC1. The van der Waals surface area contributed by atoms with E-state index < -0.39 is 5.97 Å². The molecule has 4 heteroatoms. The van der Waals surface area contributed by atoms with E-state index in [1.165, 1.54) is 32.1 Å². The first-order chi connectivity index (χ1) is 7.06. The van der Waals surface area contributed by atoms with Crippen molar-refractivity contribution in [3.8, 4) is 0 Å². The third kappa shape index (κ3) is 9.69. The molecular formula is C11H24N2O2. The summed E-state index contributed by atoms with van der Waals surface area (Å²) in [5.74, 6) is -0.787. The minimum absolute atomic E-state index is 0.111. The van der Waals surface area contributed by atoms with Gasteiger partial charge in [0.05, 0.1) is 6.54 Å². The molecule has 0 spiro atoms. The van der Waals surface area contributed by atoms with Gasteiger partial charge in [-0.3, -0.25) is 9.69 Å². The normalized spacial score (nSPS) is 17.1. The van der Waals surface area contributed by atoms with E-state index in [2.05, 4.69) is 12.4 Å². The fraction of sp³-hybridized carbons (Fsp3) is 0.909. The molecule has 0 bridgehead atoms. The Balaban J connectivity index is 0.000000265. The lowest BCUT2D eigenvalue weighted by atomic mass is 9.96. The van der Waals surface area contributed by atoms with E-state index in [-0.39, 0.29) is 6.54 Å². The third-order valence-electron chi connectivity index (χ3n) is 2.46. The summed E-state index contributed by atoms with van der Waals surface area (Å²) >= 11 is 0. The topological polar surface area (TPSA) is 52.6 Å². The van der Waals surface area contributed by atoms with Gasteiger partial charge in [0.2, 0.25) is 0 Å². The van der Waals surface area contributed by atoms with Crippen molar-refractivity contribution in [2.24, 2.45) is 0 Å². The number of carboxylic acid groups (broad SMARTS) is 1. The molecule has 90 valence electrons. The lowest BCUT2D eigenvalue weighted by Gasteiger charge is -2.20. The molecule has 0 aliphatic heterocycles. The molecule has 4 nitrogen and oxygen atoms in total. The second-order valence-corrected chi connectivity index (χ2v) is 4.26. The third-order valence-corrected chi connectivity index (χ3v) is 2.46. The van der Waals surface area contributed by atoms with Crippen molar-refractivity contribution in [1.29, 1.82) is 0 Å². The Kier molecular flexibility index (Phi) is 8.33. The Morgan fingerprint density at radius 1 is 1.33 bits per heavy atom. The fourth-order valence-corrected chi connectivity index (χ4v) is 1.66. The molecule has 0 heterocycles. The Morgan fingerprint density at radius 3 is 2.07 bits per heavy atom. The van der Waals surface area contributed by atoms with Gasteiger partial charge < -0.3 is 10.4 Å². The van der Waals surface area contributed by atoms with Gasteiger partial charge >= 0.3 is 5.97 Å². The number of carbonyl (C=O) groups is 1. The maximum Gasteiger partial charge on any atom is 0.317 e. The maximum absolute atomic E-state index is 9.77. The number of likely N-dealkylation sites (N-methyl/N-ethyl adjacent to an activating group) is 1. The molecule has 0 unspecified atom stereocenters. The van der Waals surface area contributed by atoms with Crippen LogP contribution < -0.4 is 5.32 Å². The molecule has 1 saturated carbocycles. The van der Waals surface area contributed by atoms with Crippen LogP contribution in [0, 0.1) is 0 Å². The van der Waals surface area contributed by atoms with Crippen molar-refractivity contribution < 1.29 is 9.90 Å². The molecule has 0 amide bonds. The molecule has 0 radical (unpaired) electrons. The number of nitrogens with one attached hydrogen (secondary N) is 1. The van der Waals surface area contributed by atoms with Gasteiger partial charge in [0.1, 0.15) is 0 Å². The second kappa shape index (κ2) is 8.68. The monoisotopic (exact) mass is 216 g/mol. The molecule has 15 heavy (non-hydrogen) atoms. The Hall–Kier alpha value is -0.610. The van der Waals surface area contributed by atoms with E-state index in [0.717, 1.165) is 6.04 Å². The molecule has 0 atom stereocenters. The van der Waals surface area contributed by atoms with Crippen molar-refractivity contribution in [2.75, 3.05) is 27.7 Å². The van der Waals surface area contributed by atoms with Crippen LogP contribution >= 0.6 is 0 Å². The van der Waals surface area contributed by atoms with Gasteiger partial charge in [0.25, 0.3) is 0 Å². The van der Waals surface area contributed by atoms with E-state index in [9.17, 15) is 4.79 Å². The Labute approximate surface area is 92.7 Å². The van der Waals surface area contributed by atoms with Crippen LogP contribution in [-0.4, -0.2) is 49.7 Å². The largest absolute Gasteiger partial charge is 0.480 e. The summed E-state index contributed by atoms with van der Waals surface area (Å²) in [5.41, 5.74) is 0. The molecule has 0 saturated heterocycles. The quantitative estimate of drug-likeness (QED) is 0.743. The van der Waals surface area contributed by atoms with Crippen molar-refractivity contribution in [2.45, 2.75) is 38.1 Å². The second-order valence-electron chi connectivity index (χ2n) is 4.26. The van der Waals surface area contributed by atoms with Crippen LogP contribution in [0.15, 0.2) is 0 Å². The molecule has 1 fully saturated rings. The highest BCUT2D eigenvalue weighted by Gasteiger charge is 2.09. The highest BCUT2D eigenvalue weighted by Crippen LogP contribution is 2.16. The van der Waals surface area contributed by atoms with E-state index in [1.807, 2.05) is 0 Å². The maximum atomic E-state index is 9.77. The van der Waals surface area contributed by atoms with Crippen molar-refractivity contribution >= 4 is 5.97 Å². The summed E-state index contributed by atoms with van der Waals surface area (Å²) in [7, 11) is 5.50. The van der Waals surface area contributed by atoms with Crippen molar-refractivity contribution in [3.63, 3.8) is 0 Å². The van der Waals surface area contributed by atoms with E-state index in [4.69, 9.17) is 5.11 Å². The van der Waals surface area contributed by atoms with Gasteiger partial charge in [-0.25, -0.2) is 0 Å². The summed E-state index contributed by atoms with van der Waals surface area (Å²) in [5, 5.41) is 11.3. The van der Waals surface area contributed by atoms with Crippen LogP contribution in [0.5, 0.6) is 0 Å². The smallest absolute Gasteiger partial charge is 0.317 e. The van der Waals surface area contributed by atoms with E-state index in [1.54, 1.807) is 19.0 Å².